The van der Waals surface area contributed by atoms with Crippen LogP contribution in [0, 0.1) is 0 Å². The molecule has 2 aromatic rings. The van der Waals surface area contributed by atoms with Gasteiger partial charge in [-0.15, -0.1) is 0 Å². The molecule has 0 radical (unpaired) electrons. The quantitative estimate of drug-likeness (QED) is 0.860. The Labute approximate surface area is 124 Å². The highest BCUT2D eigenvalue weighted by atomic mass is 16.5. The highest BCUT2D eigenvalue weighted by Crippen LogP contribution is 2.24. The zero-order valence-electron chi connectivity index (χ0n) is 12.4. The van der Waals surface area contributed by atoms with Crippen molar-refractivity contribution in [3.8, 4) is 11.4 Å². The van der Waals surface area contributed by atoms with Crippen LogP contribution in [-0.4, -0.2) is 45.8 Å². The minimum atomic E-state index is 0.103. The van der Waals surface area contributed by atoms with Crippen molar-refractivity contribution in [2.24, 2.45) is 0 Å². The minimum absolute atomic E-state index is 0.103. The summed E-state index contributed by atoms with van der Waals surface area (Å²) < 4.78 is 11.1. The summed E-state index contributed by atoms with van der Waals surface area (Å²) in [5, 5.41) is 4.07. The van der Waals surface area contributed by atoms with Crippen molar-refractivity contribution in [3.05, 3.63) is 30.4 Å². The zero-order valence-corrected chi connectivity index (χ0v) is 12.4. The molecule has 0 unspecified atom stereocenters. The van der Waals surface area contributed by atoms with Crippen LogP contribution in [0.1, 0.15) is 32.2 Å². The molecule has 0 spiro atoms. The average molecular weight is 288 g/mol. The molecule has 0 bridgehead atoms. The first-order valence-electron chi connectivity index (χ1n) is 7.37. The zero-order chi connectivity index (χ0) is 14.7. The molecule has 6 nitrogen and oxygen atoms in total. The van der Waals surface area contributed by atoms with Crippen LogP contribution in [0.2, 0.25) is 0 Å². The average Bonchev–Trinajstić information content (AvgIpc) is 3.05. The van der Waals surface area contributed by atoms with Gasteiger partial charge in [-0.2, -0.15) is 4.98 Å². The summed E-state index contributed by atoms with van der Waals surface area (Å²) in [6.45, 7) is 6.80. The largest absolute Gasteiger partial charge is 0.376 e. The highest BCUT2D eigenvalue weighted by Gasteiger charge is 2.27. The van der Waals surface area contributed by atoms with Crippen molar-refractivity contribution in [1.29, 1.82) is 0 Å². The van der Waals surface area contributed by atoms with Gasteiger partial charge in [0.25, 0.3) is 0 Å². The van der Waals surface area contributed by atoms with E-state index in [1.165, 1.54) is 0 Å². The molecule has 1 aliphatic heterocycles. The molecule has 0 N–H and O–H groups in total. The Morgan fingerprint density at radius 2 is 2.19 bits per heavy atom. The van der Waals surface area contributed by atoms with Crippen molar-refractivity contribution in [2.75, 3.05) is 19.7 Å². The van der Waals surface area contributed by atoms with Gasteiger partial charge in [0.1, 0.15) is 0 Å². The van der Waals surface area contributed by atoms with Gasteiger partial charge in [-0.3, -0.25) is 9.88 Å². The molecule has 1 fully saturated rings. The molecular weight excluding hydrogens is 268 g/mol. The van der Waals surface area contributed by atoms with Gasteiger partial charge in [-0.25, -0.2) is 0 Å². The Hall–Kier alpha value is -1.79. The van der Waals surface area contributed by atoms with Gasteiger partial charge in [0, 0.05) is 31.0 Å². The smallest absolute Gasteiger partial charge is 0.244 e. The predicted molar refractivity (Wildman–Crippen MR) is 77.5 cm³/mol. The summed E-state index contributed by atoms with van der Waals surface area (Å²) in [6.07, 6.45) is 4.77. The minimum Gasteiger partial charge on any atom is -0.376 e. The van der Waals surface area contributed by atoms with Crippen LogP contribution in [0.5, 0.6) is 0 Å². The van der Waals surface area contributed by atoms with E-state index in [4.69, 9.17) is 9.26 Å². The van der Waals surface area contributed by atoms with Crippen molar-refractivity contribution < 1.29 is 9.26 Å². The van der Waals surface area contributed by atoms with Crippen LogP contribution in [0.3, 0.4) is 0 Å². The van der Waals surface area contributed by atoms with E-state index in [1.54, 1.807) is 12.4 Å². The Morgan fingerprint density at radius 3 is 2.95 bits per heavy atom. The number of ether oxygens (including phenoxy) is 1. The third-order valence-corrected chi connectivity index (χ3v) is 3.91. The van der Waals surface area contributed by atoms with E-state index in [-0.39, 0.29) is 6.04 Å². The summed E-state index contributed by atoms with van der Waals surface area (Å²) in [5.41, 5.74) is 0.917. The Bertz CT molecular complexity index is 572. The van der Waals surface area contributed by atoms with E-state index in [2.05, 4.69) is 33.9 Å². The summed E-state index contributed by atoms with van der Waals surface area (Å²) in [5.74, 6) is 1.26. The molecule has 21 heavy (non-hydrogen) atoms. The third kappa shape index (κ3) is 3.11. The van der Waals surface area contributed by atoms with E-state index >= 15 is 0 Å². The van der Waals surface area contributed by atoms with Crippen molar-refractivity contribution in [1.82, 2.24) is 20.0 Å². The predicted octanol–water partition coefficient (Wildman–Crippen LogP) is 2.30. The van der Waals surface area contributed by atoms with Crippen LogP contribution in [0.4, 0.5) is 0 Å². The second-order valence-corrected chi connectivity index (χ2v) is 5.26. The topological polar surface area (TPSA) is 64.3 Å². The molecule has 6 heteroatoms. The summed E-state index contributed by atoms with van der Waals surface area (Å²) >= 11 is 0. The van der Waals surface area contributed by atoms with E-state index in [0.717, 1.165) is 31.7 Å². The van der Waals surface area contributed by atoms with Crippen molar-refractivity contribution >= 4 is 0 Å². The van der Waals surface area contributed by atoms with E-state index in [0.29, 0.717) is 17.8 Å². The molecule has 0 amide bonds. The fourth-order valence-electron chi connectivity index (χ4n) is 2.52. The SMILES string of the molecule is CC[C@H]1CN([C@H](C)c2nc(-c3ccncc3)no2)CCO1. The number of morpholine rings is 1. The number of rotatable bonds is 4. The van der Waals surface area contributed by atoms with Gasteiger partial charge < -0.3 is 9.26 Å². The monoisotopic (exact) mass is 288 g/mol. The Balaban J connectivity index is 1.73. The maximum atomic E-state index is 5.70. The summed E-state index contributed by atoms with van der Waals surface area (Å²) in [6, 6.07) is 3.86. The third-order valence-electron chi connectivity index (χ3n) is 3.91. The van der Waals surface area contributed by atoms with Crippen LogP contribution >= 0.6 is 0 Å². The number of nitrogens with zero attached hydrogens (tertiary/aromatic N) is 4. The molecule has 0 saturated carbocycles. The lowest BCUT2D eigenvalue weighted by molar-refractivity contribution is -0.0462. The van der Waals surface area contributed by atoms with Crippen LogP contribution in [0.15, 0.2) is 29.0 Å². The van der Waals surface area contributed by atoms with E-state index < -0.39 is 0 Å². The van der Waals surface area contributed by atoms with Crippen molar-refractivity contribution in [3.63, 3.8) is 0 Å². The normalized spacial score (nSPS) is 21.3. The molecule has 0 aromatic carbocycles. The van der Waals surface area contributed by atoms with Crippen LogP contribution < -0.4 is 0 Å². The van der Waals surface area contributed by atoms with E-state index in [9.17, 15) is 0 Å². The molecule has 2 atom stereocenters. The van der Waals surface area contributed by atoms with Gasteiger partial charge in [0.2, 0.25) is 11.7 Å². The number of aromatic nitrogens is 3. The number of hydrogen-bond acceptors (Lipinski definition) is 6. The van der Waals surface area contributed by atoms with Gasteiger partial charge in [-0.1, -0.05) is 12.1 Å². The second-order valence-electron chi connectivity index (χ2n) is 5.26. The number of pyridine rings is 1. The summed E-state index contributed by atoms with van der Waals surface area (Å²) in [7, 11) is 0. The highest BCUT2D eigenvalue weighted by molar-refractivity contribution is 5.52. The maximum absolute atomic E-state index is 5.70. The Morgan fingerprint density at radius 1 is 1.38 bits per heavy atom. The molecule has 3 rings (SSSR count). The lowest BCUT2D eigenvalue weighted by atomic mass is 10.2. The fraction of sp³-hybridized carbons (Fsp3) is 0.533. The van der Waals surface area contributed by atoms with E-state index in [1.807, 2.05) is 12.1 Å². The fourth-order valence-corrected chi connectivity index (χ4v) is 2.52. The van der Waals surface area contributed by atoms with Crippen LogP contribution in [-0.2, 0) is 4.74 Å². The molecule has 1 aliphatic rings. The molecule has 1 saturated heterocycles. The van der Waals surface area contributed by atoms with Gasteiger partial charge in [0.05, 0.1) is 18.8 Å². The standard InChI is InChI=1S/C15H20N4O2/c1-3-13-10-19(8-9-20-13)11(2)15-17-14(18-21-15)12-4-6-16-7-5-12/h4-7,11,13H,3,8-10H2,1-2H3/t11-,13+/m1/s1. The Kier molecular flexibility index (Phi) is 4.26. The second kappa shape index (κ2) is 6.32. The van der Waals surface area contributed by atoms with Crippen molar-refractivity contribution in [2.45, 2.75) is 32.4 Å². The van der Waals surface area contributed by atoms with Gasteiger partial charge >= 0.3 is 0 Å². The first kappa shape index (κ1) is 14.2. The molecule has 0 aliphatic carbocycles. The summed E-state index contributed by atoms with van der Waals surface area (Å²) in [4.78, 5) is 10.8. The first-order valence-corrected chi connectivity index (χ1v) is 7.37. The lowest BCUT2D eigenvalue weighted by Crippen LogP contribution is -2.43. The maximum Gasteiger partial charge on any atom is 0.244 e. The van der Waals surface area contributed by atoms with Crippen LogP contribution in [0.25, 0.3) is 11.4 Å². The molecule has 2 aromatic heterocycles. The van der Waals surface area contributed by atoms with Gasteiger partial charge in [0.15, 0.2) is 0 Å². The lowest BCUT2D eigenvalue weighted by Gasteiger charge is -2.34. The number of hydrogen-bond donors (Lipinski definition) is 0. The molecule has 112 valence electrons. The van der Waals surface area contributed by atoms with Gasteiger partial charge in [-0.05, 0) is 25.5 Å². The first-order chi connectivity index (χ1) is 10.3. The molecular formula is C15H20N4O2. The molecule has 3 heterocycles.